The molecule has 1 atom stereocenters. The molecule has 118 valence electrons. The summed E-state index contributed by atoms with van der Waals surface area (Å²) in [5.41, 5.74) is 3.16. The van der Waals surface area contributed by atoms with Crippen LogP contribution in [0.3, 0.4) is 0 Å². The van der Waals surface area contributed by atoms with Gasteiger partial charge in [-0.25, -0.2) is 4.98 Å². The highest BCUT2D eigenvalue weighted by atomic mass is 16.5. The summed E-state index contributed by atoms with van der Waals surface area (Å²) in [6.45, 7) is 2.98. The van der Waals surface area contributed by atoms with Gasteiger partial charge in [0.25, 0.3) is 0 Å². The molecular weight excluding hydrogens is 278 g/mol. The summed E-state index contributed by atoms with van der Waals surface area (Å²) < 4.78 is 16.7. The third kappa shape index (κ3) is 3.02. The molecule has 0 saturated carbocycles. The Morgan fingerprint density at radius 1 is 1.18 bits per heavy atom. The number of ether oxygens (including phenoxy) is 3. The van der Waals surface area contributed by atoms with Crippen LogP contribution in [0.15, 0.2) is 18.2 Å². The highest BCUT2D eigenvalue weighted by Gasteiger charge is 2.17. The number of hydrogen-bond acceptors (Lipinski definition) is 4. The molecule has 0 aliphatic carbocycles. The van der Waals surface area contributed by atoms with Crippen LogP contribution in [0, 0.1) is 6.92 Å². The molecule has 0 spiro atoms. The van der Waals surface area contributed by atoms with Crippen molar-refractivity contribution in [1.82, 2.24) is 4.98 Å². The van der Waals surface area contributed by atoms with Gasteiger partial charge in [0.05, 0.1) is 20.3 Å². The molecule has 2 aromatic rings. The average Bonchev–Trinajstić information content (AvgIpc) is 2.55. The van der Waals surface area contributed by atoms with Crippen molar-refractivity contribution < 1.29 is 14.2 Å². The van der Waals surface area contributed by atoms with Gasteiger partial charge in [0.15, 0.2) is 0 Å². The van der Waals surface area contributed by atoms with Crippen molar-refractivity contribution in [3.63, 3.8) is 0 Å². The Morgan fingerprint density at radius 2 is 2.05 bits per heavy atom. The zero-order chi connectivity index (χ0) is 15.5. The SMILES string of the molecule is COc1cc(OC)c2nc(C[C@H]3CCCCO3)cc(C)c2c1. The number of aryl methyl sites for hydroxylation is 1. The minimum Gasteiger partial charge on any atom is -0.497 e. The van der Waals surface area contributed by atoms with E-state index in [-0.39, 0.29) is 0 Å². The van der Waals surface area contributed by atoms with Crippen LogP contribution in [0.1, 0.15) is 30.5 Å². The summed E-state index contributed by atoms with van der Waals surface area (Å²) >= 11 is 0. The Labute approximate surface area is 131 Å². The smallest absolute Gasteiger partial charge is 0.148 e. The summed E-state index contributed by atoms with van der Waals surface area (Å²) in [5.74, 6) is 1.54. The van der Waals surface area contributed by atoms with Gasteiger partial charge in [-0.15, -0.1) is 0 Å². The van der Waals surface area contributed by atoms with E-state index in [1.54, 1.807) is 14.2 Å². The zero-order valence-corrected chi connectivity index (χ0v) is 13.5. The van der Waals surface area contributed by atoms with Gasteiger partial charge in [0.1, 0.15) is 17.0 Å². The topological polar surface area (TPSA) is 40.6 Å². The third-order valence-electron chi connectivity index (χ3n) is 4.28. The lowest BCUT2D eigenvalue weighted by molar-refractivity contribution is 0.0163. The van der Waals surface area contributed by atoms with Gasteiger partial charge in [-0.2, -0.15) is 0 Å². The fourth-order valence-electron chi connectivity index (χ4n) is 3.08. The van der Waals surface area contributed by atoms with Crippen LogP contribution in [0.2, 0.25) is 0 Å². The Balaban J connectivity index is 1.99. The van der Waals surface area contributed by atoms with E-state index < -0.39 is 0 Å². The molecule has 22 heavy (non-hydrogen) atoms. The first-order chi connectivity index (χ1) is 10.7. The molecule has 3 rings (SSSR count). The average molecular weight is 301 g/mol. The van der Waals surface area contributed by atoms with Crippen LogP contribution in [0.25, 0.3) is 10.9 Å². The van der Waals surface area contributed by atoms with Crippen LogP contribution in [0.4, 0.5) is 0 Å². The van der Waals surface area contributed by atoms with E-state index in [0.29, 0.717) is 6.10 Å². The lowest BCUT2D eigenvalue weighted by atomic mass is 10.0. The fraction of sp³-hybridized carbons (Fsp3) is 0.500. The molecule has 2 heterocycles. The van der Waals surface area contributed by atoms with Crippen molar-refractivity contribution in [2.24, 2.45) is 0 Å². The molecule has 0 radical (unpaired) electrons. The quantitative estimate of drug-likeness (QED) is 0.864. The van der Waals surface area contributed by atoms with Crippen molar-refractivity contribution in [2.45, 2.75) is 38.7 Å². The lowest BCUT2D eigenvalue weighted by Crippen LogP contribution is -2.21. The molecular formula is C18H23NO3. The summed E-state index contributed by atoms with van der Waals surface area (Å²) in [4.78, 5) is 4.82. The van der Waals surface area contributed by atoms with Crippen molar-refractivity contribution >= 4 is 10.9 Å². The molecule has 4 heteroatoms. The second kappa shape index (κ2) is 6.53. The van der Waals surface area contributed by atoms with Gasteiger partial charge < -0.3 is 14.2 Å². The predicted octanol–water partition coefficient (Wildman–Crippen LogP) is 3.67. The van der Waals surface area contributed by atoms with E-state index in [4.69, 9.17) is 19.2 Å². The standard InChI is InChI=1S/C18H23NO3/c1-12-8-13(9-14-6-4-5-7-22-14)19-18-16(12)10-15(20-2)11-17(18)21-3/h8,10-11,14H,4-7,9H2,1-3H3/t14-/m1/s1. The van der Waals surface area contributed by atoms with E-state index in [9.17, 15) is 0 Å². The predicted molar refractivity (Wildman–Crippen MR) is 86.9 cm³/mol. The van der Waals surface area contributed by atoms with Gasteiger partial charge >= 0.3 is 0 Å². The molecule has 1 aromatic carbocycles. The minimum atomic E-state index is 0.294. The maximum Gasteiger partial charge on any atom is 0.148 e. The van der Waals surface area contributed by atoms with Crippen molar-refractivity contribution in [1.29, 1.82) is 0 Å². The van der Waals surface area contributed by atoms with E-state index in [1.165, 1.54) is 18.4 Å². The summed E-state index contributed by atoms with van der Waals surface area (Å²) in [7, 11) is 3.33. The van der Waals surface area contributed by atoms with Gasteiger partial charge in [-0.05, 0) is 43.9 Å². The Morgan fingerprint density at radius 3 is 2.73 bits per heavy atom. The number of pyridine rings is 1. The molecule has 1 aliphatic rings. The molecule has 0 amide bonds. The molecule has 1 aromatic heterocycles. The number of nitrogens with zero attached hydrogens (tertiary/aromatic N) is 1. The number of fused-ring (bicyclic) bond motifs is 1. The number of rotatable bonds is 4. The Kier molecular flexibility index (Phi) is 4.48. The van der Waals surface area contributed by atoms with Crippen molar-refractivity contribution in [3.05, 3.63) is 29.5 Å². The Hall–Kier alpha value is -1.81. The van der Waals surface area contributed by atoms with Gasteiger partial charge in [0.2, 0.25) is 0 Å². The molecule has 0 N–H and O–H groups in total. The normalized spacial score (nSPS) is 18.4. The minimum absolute atomic E-state index is 0.294. The van der Waals surface area contributed by atoms with Gasteiger partial charge in [0, 0.05) is 30.2 Å². The molecule has 1 aliphatic heterocycles. The maximum atomic E-state index is 5.84. The summed E-state index contributed by atoms with van der Waals surface area (Å²) in [6.07, 6.45) is 4.71. The highest BCUT2D eigenvalue weighted by molar-refractivity contribution is 5.89. The van der Waals surface area contributed by atoms with Crippen LogP contribution in [0.5, 0.6) is 11.5 Å². The number of methoxy groups -OCH3 is 2. The van der Waals surface area contributed by atoms with Gasteiger partial charge in [-0.3, -0.25) is 0 Å². The maximum absolute atomic E-state index is 5.84. The highest BCUT2D eigenvalue weighted by Crippen LogP contribution is 2.32. The molecule has 1 fully saturated rings. The second-order valence-electron chi connectivity index (χ2n) is 5.85. The number of aromatic nitrogens is 1. The van der Waals surface area contributed by atoms with Crippen molar-refractivity contribution in [3.8, 4) is 11.5 Å². The summed E-state index contributed by atoms with van der Waals surface area (Å²) in [6, 6.07) is 6.05. The first-order valence-corrected chi connectivity index (χ1v) is 7.85. The molecule has 0 unspecified atom stereocenters. The molecule has 1 saturated heterocycles. The largest absolute Gasteiger partial charge is 0.497 e. The Bertz CT molecular complexity index is 663. The number of hydrogen-bond donors (Lipinski definition) is 0. The van der Waals surface area contributed by atoms with E-state index in [0.717, 1.165) is 47.5 Å². The van der Waals surface area contributed by atoms with E-state index in [1.807, 2.05) is 12.1 Å². The van der Waals surface area contributed by atoms with Crippen LogP contribution >= 0.6 is 0 Å². The first kappa shape index (κ1) is 15.1. The summed E-state index contributed by atoms with van der Waals surface area (Å²) in [5, 5.41) is 1.07. The molecule has 0 bridgehead atoms. The lowest BCUT2D eigenvalue weighted by Gasteiger charge is -2.22. The van der Waals surface area contributed by atoms with Crippen LogP contribution < -0.4 is 9.47 Å². The fourth-order valence-corrected chi connectivity index (χ4v) is 3.08. The van der Waals surface area contributed by atoms with E-state index >= 15 is 0 Å². The first-order valence-electron chi connectivity index (χ1n) is 7.85. The number of benzene rings is 1. The van der Waals surface area contributed by atoms with Crippen LogP contribution in [-0.4, -0.2) is 31.9 Å². The zero-order valence-electron chi connectivity index (χ0n) is 13.5. The monoisotopic (exact) mass is 301 g/mol. The van der Waals surface area contributed by atoms with Crippen LogP contribution in [-0.2, 0) is 11.2 Å². The second-order valence-corrected chi connectivity index (χ2v) is 5.85. The third-order valence-corrected chi connectivity index (χ3v) is 4.28. The molecule has 4 nitrogen and oxygen atoms in total. The van der Waals surface area contributed by atoms with Crippen molar-refractivity contribution in [2.75, 3.05) is 20.8 Å². The van der Waals surface area contributed by atoms with Gasteiger partial charge in [-0.1, -0.05) is 0 Å². The van der Waals surface area contributed by atoms with E-state index in [2.05, 4.69) is 13.0 Å².